The van der Waals surface area contributed by atoms with Crippen molar-refractivity contribution in [1.82, 2.24) is 4.90 Å². The highest BCUT2D eigenvalue weighted by Crippen LogP contribution is 2.29. The second-order valence-corrected chi connectivity index (χ2v) is 6.26. The number of alkyl halides is 3. The zero-order valence-electron chi connectivity index (χ0n) is 13.3. The first-order chi connectivity index (χ1) is 11.2. The highest BCUT2D eigenvalue weighted by atomic mass is 19.4. The number of aliphatic carboxylic acids is 1. The van der Waals surface area contributed by atoms with Gasteiger partial charge in [-0.15, -0.1) is 0 Å². The topological polar surface area (TPSA) is 57.6 Å². The Morgan fingerprint density at radius 2 is 1.92 bits per heavy atom. The van der Waals surface area contributed by atoms with E-state index in [9.17, 15) is 22.8 Å². The van der Waals surface area contributed by atoms with Gasteiger partial charge in [-0.05, 0) is 37.0 Å². The Balaban J connectivity index is 1.97. The number of carbonyl (C=O) groups excluding carboxylic acids is 1. The number of nitrogens with zero attached hydrogens (tertiary/aromatic N) is 1. The Labute approximate surface area is 138 Å². The molecule has 0 aliphatic carbocycles. The Hall–Kier alpha value is -2.05. The van der Waals surface area contributed by atoms with E-state index in [2.05, 4.69) is 0 Å². The van der Waals surface area contributed by atoms with Crippen LogP contribution in [0.25, 0.3) is 0 Å². The van der Waals surface area contributed by atoms with Gasteiger partial charge >= 0.3 is 12.1 Å². The Kier molecular flexibility index (Phi) is 5.51. The average Bonchev–Trinajstić information content (AvgIpc) is 2.53. The second-order valence-electron chi connectivity index (χ2n) is 6.26. The molecule has 0 radical (unpaired) electrons. The van der Waals surface area contributed by atoms with Crippen molar-refractivity contribution in [1.29, 1.82) is 0 Å². The first-order valence-electron chi connectivity index (χ1n) is 7.86. The number of carbonyl (C=O) groups is 2. The molecule has 2 rings (SSSR count). The lowest BCUT2D eigenvalue weighted by Crippen LogP contribution is -2.44. The number of halogens is 3. The molecule has 1 N–H and O–H groups in total. The van der Waals surface area contributed by atoms with Crippen molar-refractivity contribution in [2.75, 3.05) is 13.1 Å². The number of benzene rings is 1. The van der Waals surface area contributed by atoms with Crippen LogP contribution in [0.4, 0.5) is 13.2 Å². The standard InChI is InChI=1S/C17H20F3NO3/c1-11(9-12-4-6-14(7-5-12)17(18,19)20)15(22)21-8-2-3-13(10-21)16(23)24/h4-7,11,13H,2-3,8-10H2,1H3,(H,23,24)/t11-,13+/m1/s1. The molecular weight excluding hydrogens is 323 g/mol. The van der Waals surface area contributed by atoms with Gasteiger partial charge in [0.1, 0.15) is 0 Å². The predicted octanol–water partition coefficient (Wildman–Crippen LogP) is 3.21. The molecule has 0 spiro atoms. The number of carboxylic acid groups (broad SMARTS) is 1. The number of hydrogen-bond donors (Lipinski definition) is 1. The zero-order valence-corrected chi connectivity index (χ0v) is 13.3. The number of piperidine rings is 1. The molecular formula is C17H20F3NO3. The summed E-state index contributed by atoms with van der Waals surface area (Å²) in [6, 6.07) is 4.77. The average molecular weight is 343 g/mol. The van der Waals surface area contributed by atoms with Gasteiger partial charge in [-0.25, -0.2) is 0 Å². The minimum atomic E-state index is -4.38. The number of likely N-dealkylation sites (tertiary alicyclic amines) is 1. The van der Waals surface area contributed by atoms with Crippen molar-refractivity contribution >= 4 is 11.9 Å². The smallest absolute Gasteiger partial charge is 0.416 e. The van der Waals surface area contributed by atoms with Crippen LogP contribution in [0, 0.1) is 11.8 Å². The fourth-order valence-corrected chi connectivity index (χ4v) is 2.96. The monoisotopic (exact) mass is 343 g/mol. The van der Waals surface area contributed by atoms with Gasteiger partial charge in [-0.2, -0.15) is 13.2 Å². The van der Waals surface area contributed by atoms with E-state index in [1.165, 1.54) is 12.1 Å². The van der Waals surface area contributed by atoms with Crippen LogP contribution in [0.3, 0.4) is 0 Å². The highest BCUT2D eigenvalue weighted by Gasteiger charge is 2.31. The molecule has 1 aliphatic rings. The van der Waals surface area contributed by atoms with Crippen LogP contribution in [-0.4, -0.2) is 35.0 Å². The molecule has 132 valence electrons. The fraction of sp³-hybridized carbons (Fsp3) is 0.529. The molecule has 1 saturated heterocycles. The van der Waals surface area contributed by atoms with Crippen molar-refractivity contribution in [3.8, 4) is 0 Å². The van der Waals surface area contributed by atoms with Gasteiger partial charge in [-0.3, -0.25) is 9.59 Å². The normalized spacial score (nSPS) is 19.8. The number of rotatable bonds is 4. The molecule has 4 nitrogen and oxygen atoms in total. The SMILES string of the molecule is C[C@H](Cc1ccc(C(F)(F)F)cc1)C(=O)N1CCC[C@H](C(=O)O)C1. The fourth-order valence-electron chi connectivity index (χ4n) is 2.96. The van der Waals surface area contributed by atoms with Crippen molar-refractivity contribution < 1.29 is 27.9 Å². The number of carboxylic acids is 1. The predicted molar refractivity (Wildman–Crippen MR) is 81.3 cm³/mol. The Bertz CT molecular complexity index is 598. The Morgan fingerprint density at radius 3 is 2.46 bits per heavy atom. The molecule has 1 heterocycles. The Morgan fingerprint density at radius 1 is 1.29 bits per heavy atom. The third kappa shape index (κ3) is 4.49. The lowest BCUT2D eigenvalue weighted by molar-refractivity contribution is -0.146. The van der Waals surface area contributed by atoms with Gasteiger partial charge < -0.3 is 10.0 Å². The summed E-state index contributed by atoms with van der Waals surface area (Å²) in [5.41, 5.74) is -0.0683. The van der Waals surface area contributed by atoms with Crippen LogP contribution in [-0.2, 0) is 22.2 Å². The molecule has 0 bridgehead atoms. The maximum absolute atomic E-state index is 12.5. The minimum absolute atomic E-state index is 0.152. The van der Waals surface area contributed by atoms with Gasteiger partial charge in [-0.1, -0.05) is 19.1 Å². The molecule has 24 heavy (non-hydrogen) atoms. The van der Waals surface area contributed by atoms with Crippen LogP contribution < -0.4 is 0 Å². The number of amides is 1. The van der Waals surface area contributed by atoms with Gasteiger partial charge in [0.25, 0.3) is 0 Å². The van der Waals surface area contributed by atoms with E-state index in [0.717, 1.165) is 12.1 Å². The summed E-state index contributed by atoms with van der Waals surface area (Å²) >= 11 is 0. The summed E-state index contributed by atoms with van der Waals surface area (Å²) in [7, 11) is 0. The lowest BCUT2D eigenvalue weighted by atomic mass is 9.94. The molecule has 7 heteroatoms. The molecule has 1 amide bonds. The highest BCUT2D eigenvalue weighted by molar-refractivity contribution is 5.80. The van der Waals surface area contributed by atoms with Crippen LogP contribution in [0.1, 0.15) is 30.9 Å². The third-order valence-electron chi connectivity index (χ3n) is 4.33. The molecule has 0 aromatic heterocycles. The summed E-state index contributed by atoms with van der Waals surface area (Å²) in [5, 5.41) is 9.07. The first kappa shape index (κ1) is 18.3. The molecule has 2 atom stereocenters. The summed E-state index contributed by atoms with van der Waals surface area (Å²) in [6.45, 7) is 2.44. The maximum Gasteiger partial charge on any atom is 0.416 e. The molecule has 1 aliphatic heterocycles. The summed E-state index contributed by atoms with van der Waals surface area (Å²) in [6.07, 6.45) is -2.84. The minimum Gasteiger partial charge on any atom is -0.481 e. The summed E-state index contributed by atoms with van der Waals surface area (Å²) in [5.74, 6) is -2.00. The quantitative estimate of drug-likeness (QED) is 0.913. The van der Waals surface area contributed by atoms with E-state index in [-0.39, 0.29) is 12.5 Å². The van der Waals surface area contributed by atoms with Crippen molar-refractivity contribution in [3.63, 3.8) is 0 Å². The van der Waals surface area contributed by atoms with Gasteiger partial charge in [0.05, 0.1) is 11.5 Å². The van der Waals surface area contributed by atoms with E-state index >= 15 is 0 Å². The third-order valence-corrected chi connectivity index (χ3v) is 4.33. The molecule has 0 saturated carbocycles. The van der Waals surface area contributed by atoms with E-state index in [1.54, 1.807) is 11.8 Å². The van der Waals surface area contributed by atoms with Gasteiger partial charge in [0.15, 0.2) is 0 Å². The molecule has 1 fully saturated rings. The van der Waals surface area contributed by atoms with Crippen LogP contribution in [0.5, 0.6) is 0 Å². The van der Waals surface area contributed by atoms with E-state index in [0.29, 0.717) is 31.4 Å². The second kappa shape index (κ2) is 7.23. The van der Waals surface area contributed by atoms with Crippen molar-refractivity contribution in [3.05, 3.63) is 35.4 Å². The van der Waals surface area contributed by atoms with Gasteiger partial charge in [0, 0.05) is 19.0 Å². The zero-order chi connectivity index (χ0) is 17.9. The first-order valence-corrected chi connectivity index (χ1v) is 7.86. The van der Waals surface area contributed by atoms with Gasteiger partial charge in [0.2, 0.25) is 5.91 Å². The van der Waals surface area contributed by atoms with Crippen LogP contribution in [0.2, 0.25) is 0 Å². The van der Waals surface area contributed by atoms with E-state index in [4.69, 9.17) is 5.11 Å². The van der Waals surface area contributed by atoms with E-state index in [1.807, 2.05) is 0 Å². The summed E-state index contributed by atoms with van der Waals surface area (Å²) < 4.78 is 37.6. The van der Waals surface area contributed by atoms with E-state index < -0.39 is 29.5 Å². The largest absolute Gasteiger partial charge is 0.481 e. The van der Waals surface area contributed by atoms with Crippen LogP contribution in [0.15, 0.2) is 24.3 Å². The molecule has 1 aromatic carbocycles. The van der Waals surface area contributed by atoms with Crippen molar-refractivity contribution in [2.24, 2.45) is 11.8 Å². The lowest BCUT2D eigenvalue weighted by Gasteiger charge is -2.32. The van der Waals surface area contributed by atoms with Crippen LogP contribution >= 0.6 is 0 Å². The number of hydrogen-bond acceptors (Lipinski definition) is 2. The summed E-state index contributed by atoms with van der Waals surface area (Å²) in [4.78, 5) is 25.1. The molecule has 0 unspecified atom stereocenters. The maximum atomic E-state index is 12.5. The molecule has 1 aromatic rings. The van der Waals surface area contributed by atoms with Crippen molar-refractivity contribution in [2.45, 2.75) is 32.4 Å².